The van der Waals surface area contributed by atoms with Crippen molar-refractivity contribution in [1.29, 1.82) is 0 Å². The Hall–Kier alpha value is -1.14. The van der Waals surface area contributed by atoms with E-state index in [-0.39, 0.29) is 6.10 Å². The molecule has 2 N–H and O–H groups in total. The van der Waals surface area contributed by atoms with Crippen molar-refractivity contribution in [3.8, 4) is 0 Å². The number of hydrogen-bond donors (Lipinski definition) is 2. The Bertz CT molecular complexity index is 288. The van der Waals surface area contributed by atoms with E-state index in [2.05, 4.69) is 5.32 Å². The van der Waals surface area contributed by atoms with Crippen molar-refractivity contribution in [3.63, 3.8) is 0 Å². The summed E-state index contributed by atoms with van der Waals surface area (Å²) in [4.78, 5) is 22.2. The first-order valence-electron chi connectivity index (χ1n) is 6.27. The lowest BCUT2D eigenvalue weighted by Crippen LogP contribution is -2.44. The van der Waals surface area contributed by atoms with Crippen molar-refractivity contribution in [2.45, 2.75) is 51.4 Å². The number of hydrogen-bond acceptors (Lipinski definition) is 4. The van der Waals surface area contributed by atoms with Gasteiger partial charge in [0.05, 0.1) is 12.7 Å². The SMILES string of the molecule is CC(OCC1CCCCO1)C(=O)N[C@@H](C)C(=O)O. The van der Waals surface area contributed by atoms with Crippen LogP contribution in [-0.4, -0.2) is 48.4 Å². The maximum atomic E-state index is 11.6. The molecule has 0 aromatic rings. The summed E-state index contributed by atoms with van der Waals surface area (Å²) in [7, 11) is 0. The molecular weight excluding hydrogens is 238 g/mol. The second kappa shape index (κ2) is 7.33. The largest absolute Gasteiger partial charge is 0.480 e. The number of aliphatic carboxylic acids is 1. The quantitative estimate of drug-likeness (QED) is 0.727. The van der Waals surface area contributed by atoms with Crippen molar-refractivity contribution in [2.24, 2.45) is 0 Å². The number of nitrogens with one attached hydrogen (secondary N) is 1. The molecule has 0 radical (unpaired) electrons. The van der Waals surface area contributed by atoms with Crippen LogP contribution >= 0.6 is 0 Å². The second-order valence-electron chi connectivity index (χ2n) is 4.53. The van der Waals surface area contributed by atoms with E-state index in [9.17, 15) is 9.59 Å². The van der Waals surface area contributed by atoms with Crippen LogP contribution in [0, 0.1) is 0 Å². The lowest BCUT2D eigenvalue weighted by Gasteiger charge is -2.24. The molecule has 6 heteroatoms. The van der Waals surface area contributed by atoms with Gasteiger partial charge in [0.15, 0.2) is 0 Å². The molecule has 0 bridgehead atoms. The average Bonchev–Trinajstić information content (AvgIpc) is 2.36. The van der Waals surface area contributed by atoms with Crippen molar-refractivity contribution in [2.75, 3.05) is 13.2 Å². The first-order chi connectivity index (χ1) is 8.50. The fourth-order valence-electron chi connectivity index (χ4n) is 1.66. The summed E-state index contributed by atoms with van der Waals surface area (Å²) in [6.07, 6.45) is 2.51. The van der Waals surface area contributed by atoms with E-state index in [0.717, 1.165) is 25.9 Å². The highest BCUT2D eigenvalue weighted by atomic mass is 16.5. The van der Waals surface area contributed by atoms with Gasteiger partial charge in [0, 0.05) is 6.61 Å². The number of carboxylic acids is 1. The Balaban J connectivity index is 2.24. The third-order valence-corrected chi connectivity index (χ3v) is 2.90. The Labute approximate surface area is 107 Å². The van der Waals surface area contributed by atoms with Gasteiger partial charge in [-0.3, -0.25) is 9.59 Å². The van der Waals surface area contributed by atoms with Crippen molar-refractivity contribution in [3.05, 3.63) is 0 Å². The van der Waals surface area contributed by atoms with E-state index >= 15 is 0 Å². The van der Waals surface area contributed by atoms with E-state index in [0.29, 0.717) is 6.61 Å². The standard InChI is InChI=1S/C12H21NO5/c1-8(12(15)16)13-11(14)9(2)18-7-10-5-3-4-6-17-10/h8-10H,3-7H2,1-2H3,(H,13,14)(H,15,16)/t8-,9?,10?/m0/s1. The van der Waals surface area contributed by atoms with Gasteiger partial charge in [-0.15, -0.1) is 0 Å². The Morgan fingerprint density at radius 2 is 2.17 bits per heavy atom. The maximum Gasteiger partial charge on any atom is 0.325 e. The molecule has 18 heavy (non-hydrogen) atoms. The van der Waals surface area contributed by atoms with Crippen LogP contribution in [0.1, 0.15) is 33.1 Å². The number of rotatable bonds is 6. The molecule has 1 aliphatic rings. The smallest absolute Gasteiger partial charge is 0.325 e. The molecule has 104 valence electrons. The first kappa shape index (κ1) is 14.9. The van der Waals surface area contributed by atoms with Crippen LogP contribution < -0.4 is 5.32 Å². The van der Waals surface area contributed by atoms with E-state index in [1.165, 1.54) is 6.92 Å². The zero-order chi connectivity index (χ0) is 13.5. The van der Waals surface area contributed by atoms with Gasteiger partial charge >= 0.3 is 5.97 Å². The number of ether oxygens (including phenoxy) is 2. The summed E-state index contributed by atoms with van der Waals surface area (Å²) in [5, 5.41) is 11.0. The van der Waals surface area contributed by atoms with Crippen LogP contribution in [0.5, 0.6) is 0 Å². The highest BCUT2D eigenvalue weighted by molar-refractivity contribution is 5.85. The average molecular weight is 259 g/mol. The number of carbonyl (C=O) groups is 2. The van der Waals surface area contributed by atoms with Gasteiger partial charge < -0.3 is 19.9 Å². The third-order valence-electron chi connectivity index (χ3n) is 2.90. The highest BCUT2D eigenvalue weighted by Gasteiger charge is 2.21. The molecule has 1 aliphatic heterocycles. The molecule has 3 atom stereocenters. The van der Waals surface area contributed by atoms with Crippen molar-refractivity contribution in [1.82, 2.24) is 5.32 Å². The second-order valence-corrected chi connectivity index (χ2v) is 4.53. The molecule has 6 nitrogen and oxygen atoms in total. The van der Waals surface area contributed by atoms with Crippen LogP contribution in [-0.2, 0) is 19.1 Å². The molecule has 0 aromatic heterocycles. The zero-order valence-corrected chi connectivity index (χ0v) is 10.8. The summed E-state index contributed by atoms with van der Waals surface area (Å²) in [6, 6.07) is -0.908. The van der Waals surface area contributed by atoms with Gasteiger partial charge in [-0.05, 0) is 33.1 Å². The first-order valence-corrected chi connectivity index (χ1v) is 6.27. The van der Waals surface area contributed by atoms with Gasteiger partial charge in [0.2, 0.25) is 5.91 Å². The summed E-state index contributed by atoms with van der Waals surface area (Å²) in [5.41, 5.74) is 0. The van der Waals surface area contributed by atoms with Gasteiger partial charge in [-0.25, -0.2) is 0 Å². The molecule has 1 fully saturated rings. The number of carbonyl (C=O) groups excluding carboxylic acids is 1. The van der Waals surface area contributed by atoms with Crippen LogP contribution in [0.25, 0.3) is 0 Å². The molecule has 1 heterocycles. The lowest BCUT2D eigenvalue weighted by atomic mass is 10.1. The molecule has 2 unspecified atom stereocenters. The van der Waals surface area contributed by atoms with Crippen LogP contribution in [0.4, 0.5) is 0 Å². The van der Waals surface area contributed by atoms with E-state index in [4.69, 9.17) is 14.6 Å². The van der Waals surface area contributed by atoms with Gasteiger partial charge in [0.25, 0.3) is 0 Å². The molecule has 1 amide bonds. The van der Waals surface area contributed by atoms with Crippen molar-refractivity contribution < 1.29 is 24.2 Å². The van der Waals surface area contributed by atoms with Crippen molar-refractivity contribution >= 4 is 11.9 Å². The highest BCUT2D eigenvalue weighted by Crippen LogP contribution is 2.13. The molecule has 1 saturated heterocycles. The summed E-state index contributed by atoms with van der Waals surface area (Å²) in [6.45, 7) is 4.13. The van der Waals surface area contributed by atoms with Crippen LogP contribution in [0.2, 0.25) is 0 Å². The molecule has 0 aromatic carbocycles. The maximum absolute atomic E-state index is 11.6. The summed E-state index contributed by atoms with van der Waals surface area (Å²) < 4.78 is 10.9. The van der Waals surface area contributed by atoms with E-state index in [1.807, 2.05) is 0 Å². The van der Waals surface area contributed by atoms with Gasteiger partial charge in [0.1, 0.15) is 12.1 Å². The molecular formula is C12H21NO5. The van der Waals surface area contributed by atoms with Gasteiger partial charge in [-0.2, -0.15) is 0 Å². The minimum absolute atomic E-state index is 0.0471. The third kappa shape index (κ3) is 5.01. The fourth-order valence-corrected chi connectivity index (χ4v) is 1.66. The normalized spacial score (nSPS) is 23.1. The predicted octanol–water partition coefficient (Wildman–Crippen LogP) is 0.550. The molecule has 0 saturated carbocycles. The van der Waals surface area contributed by atoms with Crippen LogP contribution in [0.3, 0.4) is 0 Å². The lowest BCUT2D eigenvalue weighted by molar-refractivity contribution is -0.144. The molecule has 0 spiro atoms. The van der Waals surface area contributed by atoms with Crippen LogP contribution in [0.15, 0.2) is 0 Å². The minimum atomic E-state index is -1.06. The molecule has 0 aliphatic carbocycles. The fraction of sp³-hybridized carbons (Fsp3) is 0.833. The van der Waals surface area contributed by atoms with E-state index < -0.39 is 24.0 Å². The Morgan fingerprint density at radius 3 is 2.72 bits per heavy atom. The van der Waals surface area contributed by atoms with E-state index in [1.54, 1.807) is 6.92 Å². The number of amides is 1. The Morgan fingerprint density at radius 1 is 1.44 bits per heavy atom. The minimum Gasteiger partial charge on any atom is -0.480 e. The zero-order valence-electron chi connectivity index (χ0n) is 10.8. The Kier molecular flexibility index (Phi) is 6.07. The topological polar surface area (TPSA) is 84.9 Å². The predicted molar refractivity (Wildman–Crippen MR) is 64.2 cm³/mol. The monoisotopic (exact) mass is 259 g/mol. The summed E-state index contributed by atoms with van der Waals surface area (Å²) in [5.74, 6) is -1.48. The van der Waals surface area contributed by atoms with Gasteiger partial charge in [-0.1, -0.05) is 0 Å². The summed E-state index contributed by atoms with van der Waals surface area (Å²) >= 11 is 0. The number of carboxylic acid groups (broad SMARTS) is 1. The molecule has 1 rings (SSSR count).